The number of aromatic nitrogens is 1. The van der Waals surface area contributed by atoms with Gasteiger partial charge >= 0.3 is 0 Å². The summed E-state index contributed by atoms with van der Waals surface area (Å²) in [6.07, 6.45) is 0.410. The highest BCUT2D eigenvalue weighted by Gasteiger charge is 2.35. The highest BCUT2D eigenvalue weighted by atomic mass is 16.5. The molecule has 3 rings (SSSR count). The molecule has 0 spiro atoms. The lowest BCUT2D eigenvalue weighted by atomic mass is 9.93. The first kappa shape index (κ1) is 14.4. The Hall–Kier alpha value is -2.56. The van der Waals surface area contributed by atoms with Gasteiger partial charge in [-0.15, -0.1) is 0 Å². The molecule has 5 heteroatoms. The molecule has 1 unspecified atom stereocenters. The van der Waals surface area contributed by atoms with Crippen LogP contribution in [0.4, 0.5) is 0 Å². The van der Waals surface area contributed by atoms with E-state index in [1.165, 1.54) is 7.11 Å². The van der Waals surface area contributed by atoms with E-state index in [0.717, 1.165) is 16.9 Å². The second kappa shape index (κ2) is 5.67. The molecule has 0 saturated heterocycles. The van der Waals surface area contributed by atoms with Crippen LogP contribution in [-0.4, -0.2) is 32.1 Å². The molecule has 0 N–H and O–H groups in total. The number of hydrogen-bond acceptors (Lipinski definition) is 5. The Morgan fingerprint density at radius 3 is 2.36 bits per heavy atom. The van der Waals surface area contributed by atoms with E-state index < -0.39 is 0 Å². The van der Waals surface area contributed by atoms with Gasteiger partial charge in [0.25, 0.3) is 0 Å². The molecule has 1 heterocycles. The molecule has 1 atom stereocenters. The monoisotopic (exact) mass is 299 g/mol. The predicted molar refractivity (Wildman–Crippen MR) is 81.1 cm³/mol. The summed E-state index contributed by atoms with van der Waals surface area (Å²) in [7, 11) is 4.70. The van der Waals surface area contributed by atoms with Crippen LogP contribution in [0.15, 0.2) is 30.3 Å². The standard InChI is InChI=1S/C17H17NO4/c1-20-11-6-4-10(5-7-11)12-8-14(19)13-9-15(21-2)18-17(22-3)16(12)13/h4-7,9,12H,8H2,1-3H3. The van der Waals surface area contributed by atoms with Crippen LogP contribution in [0, 0.1) is 0 Å². The van der Waals surface area contributed by atoms with Crippen LogP contribution in [0.5, 0.6) is 17.5 Å². The Balaban J connectivity index is 2.09. The molecule has 114 valence electrons. The van der Waals surface area contributed by atoms with Gasteiger partial charge in [0.05, 0.1) is 21.3 Å². The summed E-state index contributed by atoms with van der Waals surface area (Å²) in [5.41, 5.74) is 2.50. The number of carbonyl (C=O) groups is 1. The molecule has 1 aromatic heterocycles. The Kier molecular flexibility index (Phi) is 3.71. The van der Waals surface area contributed by atoms with E-state index in [2.05, 4.69) is 4.98 Å². The minimum Gasteiger partial charge on any atom is -0.497 e. The maximum absolute atomic E-state index is 12.3. The van der Waals surface area contributed by atoms with Gasteiger partial charge in [-0.2, -0.15) is 4.98 Å². The number of nitrogens with zero attached hydrogens (tertiary/aromatic N) is 1. The van der Waals surface area contributed by atoms with E-state index in [-0.39, 0.29) is 11.7 Å². The number of fused-ring (bicyclic) bond motifs is 1. The van der Waals surface area contributed by atoms with Crippen molar-refractivity contribution in [1.29, 1.82) is 0 Å². The van der Waals surface area contributed by atoms with E-state index in [1.54, 1.807) is 20.3 Å². The molecular weight excluding hydrogens is 282 g/mol. The van der Waals surface area contributed by atoms with Crippen molar-refractivity contribution in [2.75, 3.05) is 21.3 Å². The molecule has 0 saturated carbocycles. The van der Waals surface area contributed by atoms with E-state index in [9.17, 15) is 4.79 Å². The normalized spacial score (nSPS) is 16.3. The molecular formula is C17H17NO4. The number of rotatable bonds is 4. The van der Waals surface area contributed by atoms with Crippen LogP contribution >= 0.6 is 0 Å². The number of ether oxygens (including phenoxy) is 3. The third-order valence-corrected chi connectivity index (χ3v) is 3.96. The Morgan fingerprint density at radius 2 is 1.77 bits per heavy atom. The largest absolute Gasteiger partial charge is 0.497 e. The molecule has 0 amide bonds. The van der Waals surface area contributed by atoms with Crippen LogP contribution < -0.4 is 14.2 Å². The minimum atomic E-state index is -0.0539. The molecule has 5 nitrogen and oxygen atoms in total. The van der Waals surface area contributed by atoms with Crippen molar-refractivity contribution in [3.63, 3.8) is 0 Å². The summed E-state index contributed by atoms with van der Waals surface area (Å²) < 4.78 is 15.7. The smallest absolute Gasteiger partial charge is 0.220 e. The van der Waals surface area contributed by atoms with Gasteiger partial charge in [0.15, 0.2) is 5.78 Å². The van der Waals surface area contributed by atoms with E-state index in [0.29, 0.717) is 23.7 Å². The Labute approximate surface area is 128 Å². The van der Waals surface area contributed by atoms with Crippen molar-refractivity contribution in [2.24, 2.45) is 0 Å². The zero-order valence-electron chi connectivity index (χ0n) is 12.8. The van der Waals surface area contributed by atoms with Crippen molar-refractivity contribution in [3.8, 4) is 17.5 Å². The molecule has 0 fully saturated rings. The number of carbonyl (C=O) groups excluding carboxylic acids is 1. The van der Waals surface area contributed by atoms with Gasteiger partial charge in [-0.25, -0.2) is 0 Å². The van der Waals surface area contributed by atoms with Crippen LogP contribution in [0.1, 0.15) is 33.8 Å². The van der Waals surface area contributed by atoms with Gasteiger partial charge in [0.1, 0.15) is 5.75 Å². The number of methoxy groups -OCH3 is 3. The van der Waals surface area contributed by atoms with E-state index in [1.807, 2.05) is 24.3 Å². The minimum absolute atomic E-state index is 0.0539. The maximum atomic E-state index is 12.3. The number of ketones is 1. The molecule has 1 aliphatic rings. The molecule has 0 radical (unpaired) electrons. The second-order valence-corrected chi connectivity index (χ2v) is 5.09. The van der Waals surface area contributed by atoms with E-state index in [4.69, 9.17) is 14.2 Å². The first-order valence-electron chi connectivity index (χ1n) is 6.98. The number of hydrogen-bond donors (Lipinski definition) is 0. The predicted octanol–water partition coefficient (Wildman–Crippen LogP) is 2.83. The van der Waals surface area contributed by atoms with Crippen LogP contribution in [0.3, 0.4) is 0 Å². The number of benzene rings is 1. The van der Waals surface area contributed by atoms with Gasteiger partial charge in [0.2, 0.25) is 11.8 Å². The lowest BCUT2D eigenvalue weighted by molar-refractivity contribution is 0.0991. The molecule has 0 aliphatic heterocycles. The van der Waals surface area contributed by atoms with Crippen molar-refractivity contribution in [3.05, 3.63) is 47.0 Å². The van der Waals surface area contributed by atoms with Crippen LogP contribution in [0.2, 0.25) is 0 Å². The van der Waals surface area contributed by atoms with Gasteiger partial charge < -0.3 is 14.2 Å². The highest BCUT2D eigenvalue weighted by molar-refractivity contribution is 6.02. The average molecular weight is 299 g/mol. The third-order valence-electron chi connectivity index (χ3n) is 3.96. The molecule has 1 aromatic carbocycles. The SMILES string of the molecule is COc1ccc(C2CC(=O)c3cc(OC)nc(OC)c32)cc1. The van der Waals surface area contributed by atoms with Crippen molar-refractivity contribution in [1.82, 2.24) is 4.98 Å². The van der Waals surface area contributed by atoms with Crippen LogP contribution in [-0.2, 0) is 0 Å². The van der Waals surface area contributed by atoms with Gasteiger partial charge in [-0.1, -0.05) is 12.1 Å². The molecule has 22 heavy (non-hydrogen) atoms. The first-order valence-corrected chi connectivity index (χ1v) is 6.98. The zero-order valence-corrected chi connectivity index (χ0v) is 12.8. The topological polar surface area (TPSA) is 57.7 Å². The fourth-order valence-electron chi connectivity index (χ4n) is 2.85. The second-order valence-electron chi connectivity index (χ2n) is 5.09. The molecule has 2 aromatic rings. The quantitative estimate of drug-likeness (QED) is 0.869. The molecule has 1 aliphatic carbocycles. The summed E-state index contributed by atoms with van der Waals surface area (Å²) >= 11 is 0. The Bertz CT molecular complexity index is 709. The Morgan fingerprint density at radius 1 is 1.05 bits per heavy atom. The van der Waals surface area contributed by atoms with Crippen molar-refractivity contribution < 1.29 is 19.0 Å². The lowest BCUT2D eigenvalue weighted by Gasteiger charge is -2.15. The highest BCUT2D eigenvalue weighted by Crippen LogP contribution is 2.43. The first-order chi connectivity index (χ1) is 10.7. The third kappa shape index (κ3) is 2.28. The summed E-state index contributed by atoms with van der Waals surface area (Å²) in [6, 6.07) is 9.40. The van der Waals surface area contributed by atoms with Crippen molar-refractivity contribution in [2.45, 2.75) is 12.3 Å². The summed E-state index contributed by atoms with van der Waals surface area (Å²) in [5, 5.41) is 0. The summed E-state index contributed by atoms with van der Waals surface area (Å²) in [5.74, 6) is 1.64. The van der Waals surface area contributed by atoms with Gasteiger partial charge in [-0.05, 0) is 17.7 Å². The summed E-state index contributed by atoms with van der Waals surface area (Å²) in [4.78, 5) is 16.6. The van der Waals surface area contributed by atoms with Gasteiger partial charge in [0, 0.05) is 29.5 Å². The van der Waals surface area contributed by atoms with Crippen molar-refractivity contribution >= 4 is 5.78 Å². The average Bonchev–Trinajstić information content (AvgIpc) is 2.91. The summed E-state index contributed by atoms with van der Waals surface area (Å²) in [6.45, 7) is 0. The maximum Gasteiger partial charge on any atom is 0.220 e. The fraction of sp³-hybridized carbons (Fsp3) is 0.294. The zero-order chi connectivity index (χ0) is 15.7. The lowest BCUT2D eigenvalue weighted by Crippen LogP contribution is -2.02. The van der Waals surface area contributed by atoms with Crippen LogP contribution in [0.25, 0.3) is 0 Å². The fourth-order valence-corrected chi connectivity index (χ4v) is 2.85. The molecule has 0 bridgehead atoms. The number of Topliss-reactive ketones (excluding diaryl/α,β-unsaturated/α-hetero) is 1. The van der Waals surface area contributed by atoms with Gasteiger partial charge in [-0.3, -0.25) is 4.79 Å². The number of pyridine rings is 1. The van der Waals surface area contributed by atoms with E-state index >= 15 is 0 Å².